The van der Waals surface area contributed by atoms with E-state index in [1.54, 1.807) is 17.5 Å². The number of aromatic nitrogens is 1. The zero-order valence-corrected chi connectivity index (χ0v) is 13.4. The van der Waals surface area contributed by atoms with Crippen LogP contribution in [0.15, 0.2) is 34.2 Å². The van der Waals surface area contributed by atoms with Gasteiger partial charge in [-0.2, -0.15) is 0 Å². The van der Waals surface area contributed by atoms with Gasteiger partial charge in [0.25, 0.3) is 5.91 Å². The van der Waals surface area contributed by atoms with E-state index in [1.165, 1.54) is 11.3 Å². The van der Waals surface area contributed by atoms with Crippen LogP contribution in [0.2, 0.25) is 0 Å². The van der Waals surface area contributed by atoms with E-state index in [9.17, 15) is 4.79 Å². The predicted molar refractivity (Wildman–Crippen MR) is 87.2 cm³/mol. The topological polar surface area (TPSA) is 68.0 Å². The summed E-state index contributed by atoms with van der Waals surface area (Å²) in [5.41, 5.74) is 7.15. The third-order valence-electron chi connectivity index (χ3n) is 2.74. The number of hydrogen-bond acceptors (Lipinski definition) is 5. The Hall–Kier alpha value is -1.44. The fraction of sp³-hybridized carbons (Fsp3) is 0.0769. The van der Waals surface area contributed by atoms with Gasteiger partial charge in [-0.1, -0.05) is 0 Å². The van der Waals surface area contributed by atoms with Crippen LogP contribution < -0.4 is 11.1 Å². The minimum atomic E-state index is -0.157. The van der Waals surface area contributed by atoms with E-state index in [-0.39, 0.29) is 5.91 Å². The Kier molecular flexibility index (Phi) is 3.73. The lowest BCUT2D eigenvalue weighted by atomic mass is 10.3. The maximum absolute atomic E-state index is 12.2. The number of halogens is 1. The average Bonchev–Trinajstić information content (AvgIpc) is 3.01. The number of thiophene rings is 2. The van der Waals surface area contributed by atoms with E-state index in [4.69, 9.17) is 5.73 Å². The Morgan fingerprint density at radius 1 is 1.35 bits per heavy atom. The van der Waals surface area contributed by atoms with Crippen molar-refractivity contribution in [3.8, 4) is 0 Å². The molecule has 0 atom stereocenters. The number of carbonyl (C=O) groups excluding carboxylic acids is 1. The SMILES string of the molecule is Nc1c(C(=O)NCc2ccc(Br)s2)sc2cccnc12. The highest BCUT2D eigenvalue weighted by Gasteiger charge is 2.16. The fourth-order valence-corrected chi connectivity index (χ4v) is 4.23. The lowest BCUT2D eigenvalue weighted by Crippen LogP contribution is -2.22. The Bertz CT molecular complexity index is 781. The molecular formula is C13H10BrN3OS2. The van der Waals surface area contributed by atoms with Gasteiger partial charge in [0.15, 0.2) is 0 Å². The van der Waals surface area contributed by atoms with Gasteiger partial charge in [-0.05, 0) is 40.2 Å². The number of carbonyl (C=O) groups is 1. The number of nitrogen functional groups attached to an aromatic ring is 1. The molecule has 0 unspecified atom stereocenters. The van der Waals surface area contributed by atoms with Crippen LogP contribution in [0.3, 0.4) is 0 Å². The van der Waals surface area contributed by atoms with Gasteiger partial charge >= 0.3 is 0 Å². The van der Waals surface area contributed by atoms with E-state index in [0.29, 0.717) is 22.6 Å². The van der Waals surface area contributed by atoms with Crippen molar-refractivity contribution in [1.82, 2.24) is 10.3 Å². The molecule has 0 aliphatic heterocycles. The number of pyridine rings is 1. The van der Waals surface area contributed by atoms with Crippen LogP contribution in [0.4, 0.5) is 5.69 Å². The van der Waals surface area contributed by atoms with Gasteiger partial charge in [0.2, 0.25) is 0 Å². The normalized spacial score (nSPS) is 10.8. The van der Waals surface area contributed by atoms with Crippen molar-refractivity contribution in [2.45, 2.75) is 6.54 Å². The zero-order chi connectivity index (χ0) is 14.1. The third kappa shape index (κ3) is 2.56. The summed E-state index contributed by atoms with van der Waals surface area (Å²) >= 11 is 6.36. The number of nitrogens with one attached hydrogen (secondary N) is 1. The molecular weight excluding hydrogens is 358 g/mol. The van der Waals surface area contributed by atoms with Crippen LogP contribution in [0.5, 0.6) is 0 Å². The molecule has 0 aliphatic carbocycles. The number of fused-ring (bicyclic) bond motifs is 1. The van der Waals surface area contributed by atoms with E-state index in [2.05, 4.69) is 26.2 Å². The number of nitrogens with zero attached hydrogens (tertiary/aromatic N) is 1. The molecule has 0 aromatic carbocycles. The molecule has 7 heteroatoms. The monoisotopic (exact) mass is 367 g/mol. The first kappa shape index (κ1) is 13.5. The summed E-state index contributed by atoms with van der Waals surface area (Å²) in [5, 5.41) is 2.88. The third-order valence-corrected chi connectivity index (χ3v) is 5.52. The van der Waals surface area contributed by atoms with Gasteiger partial charge < -0.3 is 11.1 Å². The summed E-state index contributed by atoms with van der Waals surface area (Å²) in [6.45, 7) is 0.496. The maximum atomic E-state index is 12.2. The van der Waals surface area contributed by atoms with Crippen LogP contribution in [-0.2, 0) is 6.54 Å². The first-order valence-corrected chi connectivity index (χ1v) is 8.23. The molecule has 0 aliphatic rings. The van der Waals surface area contributed by atoms with Gasteiger partial charge in [-0.3, -0.25) is 9.78 Å². The van der Waals surface area contributed by atoms with E-state index in [1.807, 2.05) is 24.3 Å². The van der Waals surface area contributed by atoms with Crippen LogP contribution in [-0.4, -0.2) is 10.9 Å². The van der Waals surface area contributed by atoms with Crippen LogP contribution in [0, 0.1) is 0 Å². The quantitative estimate of drug-likeness (QED) is 0.742. The number of anilines is 1. The molecule has 0 saturated heterocycles. The van der Waals surface area contributed by atoms with Gasteiger partial charge in [-0.25, -0.2) is 0 Å². The number of nitrogens with two attached hydrogens (primary N) is 1. The molecule has 3 aromatic heterocycles. The predicted octanol–water partition coefficient (Wildman–Crippen LogP) is 3.63. The van der Waals surface area contributed by atoms with Crippen molar-refractivity contribution in [3.63, 3.8) is 0 Å². The molecule has 0 fully saturated rings. The van der Waals surface area contributed by atoms with Crippen molar-refractivity contribution >= 4 is 60.4 Å². The van der Waals surface area contributed by atoms with Crippen LogP contribution in [0.25, 0.3) is 10.2 Å². The standard InChI is InChI=1S/C13H10BrN3OS2/c14-9-4-3-7(19-9)6-17-13(18)12-10(15)11-8(20-12)2-1-5-16-11/h1-5H,6,15H2,(H,17,18). The highest BCUT2D eigenvalue weighted by atomic mass is 79.9. The summed E-state index contributed by atoms with van der Waals surface area (Å²) in [5.74, 6) is -0.157. The second kappa shape index (κ2) is 5.51. The summed E-state index contributed by atoms with van der Waals surface area (Å²) in [6.07, 6.45) is 1.68. The molecule has 0 bridgehead atoms. The summed E-state index contributed by atoms with van der Waals surface area (Å²) in [4.78, 5) is 18.0. The van der Waals surface area contributed by atoms with Crippen molar-refractivity contribution < 1.29 is 4.79 Å². The lowest BCUT2D eigenvalue weighted by Gasteiger charge is -2.02. The van der Waals surface area contributed by atoms with Crippen molar-refractivity contribution in [1.29, 1.82) is 0 Å². The summed E-state index contributed by atoms with van der Waals surface area (Å²) in [6, 6.07) is 7.69. The molecule has 0 spiro atoms. The first-order valence-electron chi connectivity index (χ1n) is 5.80. The van der Waals surface area contributed by atoms with Crippen LogP contribution in [0.1, 0.15) is 14.5 Å². The van der Waals surface area contributed by atoms with E-state index >= 15 is 0 Å². The Morgan fingerprint density at radius 3 is 2.90 bits per heavy atom. The molecule has 3 N–H and O–H groups in total. The van der Waals surface area contributed by atoms with Gasteiger partial charge in [-0.15, -0.1) is 22.7 Å². The summed E-state index contributed by atoms with van der Waals surface area (Å²) < 4.78 is 1.97. The molecule has 0 radical (unpaired) electrons. The lowest BCUT2D eigenvalue weighted by molar-refractivity contribution is 0.0956. The Balaban J connectivity index is 1.80. The molecule has 3 heterocycles. The minimum Gasteiger partial charge on any atom is -0.396 e. The Morgan fingerprint density at radius 2 is 2.20 bits per heavy atom. The summed E-state index contributed by atoms with van der Waals surface area (Å²) in [7, 11) is 0. The van der Waals surface area contributed by atoms with Gasteiger partial charge in [0.1, 0.15) is 10.4 Å². The average molecular weight is 368 g/mol. The second-order valence-corrected chi connectivity index (χ2v) is 7.68. The highest BCUT2D eigenvalue weighted by molar-refractivity contribution is 9.11. The molecule has 102 valence electrons. The smallest absolute Gasteiger partial charge is 0.263 e. The molecule has 20 heavy (non-hydrogen) atoms. The molecule has 3 aromatic rings. The van der Waals surface area contributed by atoms with Crippen molar-refractivity contribution in [2.75, 3.05) is 5.73 Å². The number of amides is 1. The second-order valence-electron chi connectivity index (χ2n) is 4.08. The fourth-order valence-electron chi connectivity index (χ4n) is 1.81. The van der Waals surface area contributed by atoms with Crippen molar-refractivity contribution in [2.24, 2.45) is 0 Å². The molecule has 3 rings (SSSR count). The van der Waals surface area contributed by atoms with Crippen molar-refractivity contribution in [3.05, 3.63) is 44.0 Å². The van der Waals surface area contributed by atoms with Gasteiger partial charge in [0.05, 0.1) is 20.7 Å². The number of hydrogen-bond donors (Lipinski definition) is 2. The first-order chi connectivity index (χ1) is 9.65. The molecule has 0 saturated carbocycles. The number of rotatable bonds is 3. The van der Waals surface area contributed by atoms with Gasteiger partial charge in [0, 0.05) is 11.1 Å². The maximum Gasteiger partial charge on any atom is 0.263 e. The molecule has 4 nitrogen and oxygen atoms in total. The molecule has 1 amide bonds. The highest BCUT2D eigenvalue weighted by Crippen LogP contribution is 2.31. The Labute approximate surface area is 131 Å². The minimum absolute atomic E-state index is 0.157. The largest absolute Gasteiger partial charge is 0.396 e. The van der Waals surface area contributed by atoms with Crippen LogP contribution >= 0.6 is 38.6 Å². The van der Waals surface area contributed by atoms with E-state index < -0.39 is 0 Å². The zero-order valence-electron chi connectivity index (χ0n) is 10.2. The van der Waals surface area contributed by atoms with E-state index in [0.717, 1.165) is 13.4 Å².